The molecule has 0 aliphatic carbocycles. The maximum absolute atomic E-state index is 12.5. The maximum atomic E-state index is 12.5. The van der Waals surface area contributed by atoms with Crippen LogP contribution in [-0.4, -0.2) is 82.6 Å². The highest BCUT2D eigenvalue weighted by atomic mass is 32.2. The van der Waals surface area contributed by atoms with Crippen molar-refractivity contribution < 1.29 is 34.2 Å². The zero-order chi connectivity index (χ0) is 22.6. The monoisotopic (exact) mass is 435 g/mol. The minimum absolute atomic E-state index is 0.154. The molecule has 0 aliphatic heterocycles. The van der Waals surface area contributed by atoms with Crippen LogP contribution in [0.1, 0.15) is 26.2 Å². The predicted octanol–water partition coefficient (Wildman–Crippen LogP) is -3.12. The summed E-state index contributed by atoms with van der Waals surface area (Å²) in [4.78, 5) is 58.8. The molecule has 0 aliphatic rings. The van der Waals surface area contributed by atoms with Crippen LogP contribution in [0.2, 0.25) is 0 Å². The number of amides is 4. The summed E-state index contributed by atoms with van der Waals surface area (Å²) in [5.74, 6) is -3.77. The number of primary amides is 1. The fourth-order valence-corrected chi connectivity index (χ4v) is 2.56. The second-order valence-electron chi connectivity index (χ2n) is 6.27. The van der Waals surface area contributed by atoms with Crippen molar-refractivity contribution in [2.75, 3.05) is 18.6 Å². The summed E-state index contributed by atoms with van der Waals surface area (Å²) in [5, 5.41) is 25.0. The van der Waals surface area contributed by atoms with Crippen LogP contribution < -0.4 is 27.4 Å². The van der Waals surface area contributed by atoms with E-state index in [4.69, 9.17) is 16.6 Å². The molecule has 0 heterocycles. The summed E-state index contributed by atoms with van der Waals surface area (Å²) in [5.41, 5.74) is 10.4. The van der Waals surface area contributed by atoms with E-state index in [-0.39, 0.29) is 19.3 Å². The standard InChI is InChI=1S/C16H29N5O7S/c1-8(19-14(25)9(17)7-22)13(24)20-10(3-4-12(18)23)15(26)21-11(16(27)28)5-6-29-2/h8-11,22H,3-7,17H2,1-2H3,(H2,18,23)(H,19,25)(H,20,24)(H,21,26)(H,27,28). The van der Waals surface area contributed by atoms with Gasteiger partial charge in [0.15, 0.2) is 0 Å². The SMILES string of the molecule is CSCCC(NC(=O)C(CCC(N)=O)NC(=O)C(C)NC(=O)C(N)CO)C(=O)O. The minimum atomic E-state index is -1.24. The van der Waals surface area contributed by atoms with Crippen LogP contribution in [0.5, 0.6) is 0 Å². The molecule has 0 saturated carbocycles. The van der Waals surface area contributed by atoms with Gasteiger partial charge in [-0.1, -0.05) is 0 Å². The van der Waals surface area contributed by atoms with Gasteiger partial charge in [-0.05, 0) is 31.8 Å². The van der Waals surface area contributed by atoms with Crippen LogP contribution in [0.15, 0.2) is 0 Å². The molecule has 0 saturated heterocycles. The molecule has 4 unspecified atom stereocenters. The van der Waals surface area contributed by atoms with Gasteiger partial charge in [-0.15, -0.1) is 0 Å². The summed E-state index contributed by atoms with van der Waals surface area (Å²) in [6.45, 7) is 0.718. The summed E-state index contributed by atoms with van der Waals surface area (Å²) < 4.78 is 0. The van der Waals surface area contributed by atoms with Gasteiger partial charge in [-0.3, -0.25) is 19.2 Å². The fraction of sp³-hybridized carbons (Fsp3) is 0.688. The van der Waals surface area contributed by atoms with Gasteiger partial charge in [0, 0.05) is 6.42 Å². The first-order valence-corrected chi connectivity index (χ1v) is 10.2. The minimum Gasteiger partial charge on any atom is -0.480 e. The molecule has 0 aromatic carbocycles. The average molecular weight is 436 g/mol. The molecule has 9 N–H and O–H groups in total. The second kappa shape index (κ2) is 13.7. The molecule has 0 aromatic heterocycles. The number of carbonyl (C=O) groups is 5. The molecule has 0 spiro atoms. The number of carboxylic acids is 1. The van der Waals surface area contributed by atoms with Crippen molar-refractivity contribution in [3.8, 4) is 0 Å². The lowest BCUT2D eigenvalue weighted by Gasteiger charge is -2.23. The summed E-state index contributed by atoms with van der Waals surface area (Å²) in [7, 11) is 0. The van der Waals surface area contributed by atoms with Crippen LogP contribution >= 0.6 is 11.8 Å². The Kier molecular flexibility index (Phi) is 12.6. The zero-order valence-corrected chi connectivity index (χ0v) is 17.2. The van der Waals surface area contributed by atoms with E-state index in [1.807, 2.05) is 0 Å². The Morgan fingerprint density at radius 3 is 2.03 bits per heavy atom. The van der Waals surface area contributed by atoms with Gasteiger partial charge < -0.3 is 37.6 Å². The lowest BCUT2D eigenvalue weighted by Crippen LogP contribution is -2.56. The number of hydrogen-bond donors (Lipinski definition) is 7. The molecule has 0 fully saturated rings. The molecule has 0 radical (unpaired) electrons. The van der Waals surface area contributed by atoms with Crippen molar-refractivity contribution in [2.45, 2.75) is 50.4 Å². The van der Waals surface area contributed by atoms with Crippen LogP contribution in [0, 0.1) is 0 Å². The third kappa shape index (κ3) is 10.7. The quantitative estimate of drug-likeness (QED) is 0.147. The fourth-order valence-electron chi connectivity index (χ4n) is 2.09. The first-order chi connectivity index (χ1) is 13.5. The van der Waals surface area contributed by atoms with Crippen molar-refractivity contribution in [3.63, 3.8) is 0 Å². The van der Waals surface area contributed by atoms with E-state index in [2.05, 4.69) is 16.0 Å². The Bertz CT molecular complexity index is 604. The van der Waals surface area contributed by atoms with E-state index in [1.54, 1.807) is 6.26 Å². The number of rotatable bonds is 14. The molecule has 4 amide bonds. The van der Waals surface area contributed by atoms with Gasteiger partial charge >= 0.3 is 5.97 Å². The number of nitrogens with one attached hydrogen (secondary N) is 3. The van der Waals surface area contributed by atoms with Gasteiger partial charge in [-0.25, -0.2) is 4.79 Å². The van der Waals surface area contributed by atoms with Crippen molar-refractivity contribution >= 4 is 41.4 Å². The van der Waals surface area contributed by atoms with E-state index in [1.165, 1.54) is 18.7 Å². The number of aliphatic carboxylic acids is 1. The Morgan fingerprint density at radius 1 is 0.966 bits per heavy atom. The van der Waals surface area contributed by atoms with E-state index in [9.17, 15) is 29.1 Å². The van der Waals surface area contributed by atoms with Crippen molar-refractivity contribution in [1.29, 1.82) is 0 Å². The third-order valence-corrected chi connectivity index (χ3v) is 4.47. The molecule has 0 rings (SSSR count). The zero-order valence-electron chi connectivity index (χ0n) is 16.3. The highest BCUT2D eigenvalue weighted by Crippen LogP contribution is 2.04. The Labute approximate surface area is 172 Å². The van der Waals surface area contributed by atoms with Crippen molar-refractivity contribution in [3.05, 3.63) is 0 Å². The van der Waals surface area contributed by atoms with Gasteiger partial charge in [-0.2, -0.15) is 11.8 Å². The number of carbonyl (C=O) groups excluding carboxylic acids is 4. The normalized spacial score (nSPS) is 14.8. The van der Waals surface area contributed by atoms with Crippen LogP contribution in [0.25, 0.3) is 0 Å². The molecule has 4 atom stereocenters. The molecule has 0 aromatic rings. The second-order valence-corrected chi connectivity index (χ2v) is 7.25. The third-order valence-electron chi connectivity index (χ3n) is 3.82. The molecule has 29 heavy (non-hydrogen) atoms. The van der Waals surface area contributed by atoms with Crippen LogP contribution in [0.3, 0.4) is 0 Å². The predicted molar refractivity (Wildman–Crippen MR) is 106 cm³/mol. The Hall–Kier alpha value is -2.38. The van der Waals surface area contributed by atoms with E-state index < -0.39 is 60.4 Å². The number of thioether (sulfide) groups is 1. The van der Waals surface area contributed by atoms with E-state index >= 15 is 0 Å². The van der Waals surface area contributed by atoms with Crippen molar-refractivity contribution in [1.82, 2.24) is 16.0 Å². The number of aliphatic hydroxyl groups is 1. The summed E-state index contributed by atoms with van der Waals surface area (Å²) in [6.07, 6.45) is 1.58. The lowest BCUT2D eigenvalue weighted by atomic mass is 10.1. The summed E-state index contributed by atoms with van der Waals surface area (Å²) in [6, 6.07) is -4.72. The number of aliphatic hydroxyl groups excluding tert-OH is 1. The van der Waals surface area contributed by atoms with E-state index in [0.29, 0.717) is 5.75 Å². The van der Waals surface area contributed by atoms with Gasteiger partial charge in [0.05, 0.1) is 6.61 Å². The maximum Gasteiger partial charge on any atom is 0.326 e. The Balaban J connectivity index is 5.12. The van der Waals surface area contributed by atoms with Gasteiger partial charge in [0.1, 0.15) is 24.2 Å². The first-order valence-electron chi connectivity index (χ1n) is 8.81. The van der Waals surface area contributed by atoms with Gasteiger partial charge in [0.25, 0.3) is 0 Å². The largest absolute Gasteiger partial charge is 0.480 e. The van der Waals surface area contributed by atoms with E-state index in [0.717, 1.165) is 0 Å². The highest BCUT2D eigenvalue weighted by Gasteiger charge is 2.28. The smallest absolute Gasteiger partial charge is 0.326 e. The first kappa shape index (κ1) is 26.6. The molecule has 166 valence electrons. The van der Waals surface area contributed by atoms with Gasteiger partial charge in [0.2, 0.25) is 23.6 Å². The van der Waals surface area contributed by atoms with Crippen LogP contribution in [0.4, 0.5) is 0 Å². The number of hydrogen-bond acceptors (Lipinski definition) is 8. The summed E-state index contributed by atoms with van der Waals surface area (Å²) >= 11 is 1.41. The number of carboxylic acid groups (broad SMARTS) is 1. The van der Waals surface area contributed by atoms with Crippen molar-refractivity contribution in [2.24, 2.45) is 11.5 Å². The lowest BCUT2D eigenvalue weighted by molar-refractivity contribution is -0.142. The molecular formula is C16H29N5O7S. The molecular weight excluding hydrogens is 406 g/mol. The average Bonchev–Trinajstić information content (AvgIpc) is 2.66. The molecule has 12 nitrogen and oxygen atoms in total. The molecule has 0 bridgehead atoms. The highest BCUT2D eigenvalue weighted by molar-refractivity contribution is 7.98. The Morgan fingerprint density at radius 2 is 1.55 bits per heavy atom. The van der Waals surface area contributed by atoms with Crippen LogP contribution in [-0.2, 0) is 24.0 Å². The topological polar surface area (TPSA) is 214 Å². The molecule has 13 heteroatoms. The number of nitrogens with two attached hydrogens (primary N) is 2.